The van der Waals surface area contributed by atoms with Gasteiger partial charge in [0.2, 0.25) is 10.0 Å². The van der Waals surface area contributed by atoms with Crippen LogP contribution in [0.1, 0.15) is 11.1 Å². The summed E-state index contributed by atoms with van der Waals surface area (Å²) in [5.74, 6) is 1.41. The average Bonchev–Trinajstić information content (AvgIpc) is 2.94. The zero-order chi connectivity index (χ0) is 26.5. The van der Waals surface area contributed by atoms with Crippen LogP contribution in [0.5, 0.6) is 11.5 Å². The zero-order valence-corrected chi connectivity index (χ0v) is 21.9. The number of anilines is 1. The van der Waals surface area contributed by atoms with Gasteiger partial charge in [0.25, 0.3) is 0 Å². The number of carbonyl (C=O) groups excluding carboxylic acids is 1. The molecular formula is C28H32N4O5S. The van der Waals surface area contributed by atoms with Gasteiger partial charge in [0, 0.05) is 51.5 Å². The second-order valence-electron chi connectivity index (χ2n) is 9.44. The number of hydrogen-bond acceptors (Lipinski definition) is 6. The van der Waals surface area contributed by atoms with Crippen LogP contribution in [-0.4, -0.2) is 79.5 Å². The van der Waals surface area contributed by atoms with E-state index in [9.17, 15) is 13.2 Å². The number of amides is 2. The Balaban J connectivity index is 1.21. The third-order valence-corrected chi connectivity index (χ3v) is 8.84. The predicted octanol–water partition coefficient (Wildman–Crippen LogP) is 3.37. The van der Waals surface area contributed by atoms with Gasteiger partial charge in [0.1, 0.15) is 11.5 Å². The molecule has 0 bridgehead atoms. The van der Waals surface area contributed by atoms with Crippen LogP contribution in [-0.2, 0) is 23.0 Å². The van der Waals surface area contributed by atoms with Crippen molar-refractivity contribution in [2.45, 2.75) is 17.9 Å². The monoisotopic (exact) mass is 536 g/mol. The second kappa shape index (κ2) is 11.5. The summed E-state index contributed by atoms with van der Waals surface area (Å²) in [6, 6.07) is 21.7. The van der Waals surface area contributed by atoms with Crippen molar-refractivity contribution in [3.63, 3.8) is 0 Å². The standard InChI is InChI=1S/C28H32N4O5S/c33-19-18-30-14-16-32(17-15-30)38(35,36)27-11-6-22-12-13-31(21-23(22)20-27)28(34)29-24-7-9-26(10-8-24)37-25-4-2-1-3-5-25/h1-11,20,33H,12-19,21H2,(H,29,34). The van der Waals surface area contributed by atoms with E-state index in [2.05, 4.69) is 10.2 Å². The van der Waals surface area contributed by atoms with Crippen molar-refractivity contribution in [1.29, 1.82) is 0 Å². The largest absolute Gasteiger partial charge is 0.457 e. The van der Waals surface area contributed by atoms with E-state index in [-0.39, 0.29) is 17.5 Å². The van der Waals surface area contributed by atoms with E-state index in [1.54, 1.807) is 41.3 Å². The highest BCUT2D eigenvalue weighted by Gasteiger charge is 2.30. The molecule has 0 unspecified atom stereocenters. The van der Waals surface area contributed by atoms with Gasteiger partial charge in [0.15, 0.2) is 0 Å². The molecule has 2 N–H and O–H groups in total. The minimum atomic E-state index is -3.63. The lowest BCUT2D eigenvalue weighted by molar-refractivity contribution is 0.151. The molecule has 3 aromatic rings. The maximum atomic E-state index is 13.3. The molecule has 1 saturated heterocycles. The molecule has 0 radical (unpaired) electrons. The van der Waals surface area contributed by atoms with Gasteiger partial charge in [-0.25, -0.2) is 13.2 Å². The maximum absolute atomic E-state index is 13.3. The van der Waals surface area contributed by atoms with Crippen LogP contribution in [0.4, 0.5) is 10.5 Å². The Hall–Kier alpha value is -3.44. The van der Waals surface area contributed by atoms with Gasteiger partial charge in [-0.05, 0) is 66.1 Å². The second-order valence-corrected chi connectivity index (χ2v) is 11.4. The molecule has 10 heteroatoms. The summed E-state index contributed by atoms with van der Waals surface area (Å²) < 4.78 is 33.9. The van der Waals surface area contributed by atoms with Crippen molar-refractivity contribution < 1.29 is 23.1 Å². The van der Waals surface area contributed by atoms with Crippen molar-refractivity contribution in [2.75, 3.05) is 51.2 Å². The Bertz CT molecular complexity index is 1360. The summed E-state index contributed by atoms with van der Waals surface area (Å²) in [6.07, 6.45) is 0.659. The molecule has 2 heterocycles. The molecule has 0 atom stereocenters. The number of piperazine rings is 1. The van der Waals surface area contributed by atoms with Crippen molar-refractivity contribution in [1.82, 2.24) is 14.1 Å². The number of ether oxygens (including phenoxy) is 1. The Morgan fingerprint density at radius 3 is 2.29 bits per heavy atom. The average molecular weight is 537 g/mol. The quantitative estimate of drug-likeness (QED) is 0.480. The molecule has 0 spiro atoms. The van der Waals surface area contributed by atoms with E-state index < -0.39 is 10.0 Å². The van der Waals surface area contributed by atoms with Gasteiger partial charge in [-0.15, -0.1) is 0 Å². The lowest BCUT2D eigenvalue weighted by atomic mass is 10.0. The van der Waals surface area contributed by atoms with E-state index in [0.717, 1.165) is 16.9 Å². The molecule has 2 aliphatic rings. The summed E-state index contributed by atoms with van der Waals surface area (Å²) in [6.45, 7) is 3.48. The van der Waals surface area contributed by atoms with Gasteiger partial charge in [-0.3, -0.25) is 4.90 Å². The topological polar surface area (TPSA) is 102 Å². The van der Waals surface area contributed by atoms with Crippen LogP contribution in [0.15, 0.2) is 77.7 Å². The van der Waals surface area contributed by atoms with Gasteiger partial charge in [0.05, 0.1) is 11.5 Å². The third-order valence-electron chi connectivity index (χ3n) is 6.95. The first-order valence-corrected chi connectivity index (χ1v) is 14.2. The number of hydrogen-bond donors (Lipinski definition) is 2. The first-order chi connectivity index (χ1) is 18.4. The number of nitrogens with one attached hydrogen (secondary N) is 1. The first kappa shape index (κ1) is 26.2. The summed E-state index contributed by atoms with van der Waals surface area (Å²) >= 11 is 0. The van der Waals surface area contributed by atoms with Crippen LogP contribution in [0, 0.1) is 0 Å². The van der Waals surface area contributed by atoms with E-state index in [1.165, 1.54) is 4.31 Å². The highest BCUT2D eigenvalue weighted by molar-refractivity contribution is 7.89. The van der Waals surface area contributed by atoms with Crippen LogP contribution in [0.3, 0.4) is 0 Å². The number of urea groups is 1. The normalized spacial score (nSPS) is 16.6. The van der Waals surface area contributed by atoms with E-state index >= 15 is 0 Å². The lowest BCUT2D eigenvalue weighted by Crippen LogP contribution is -2.49. The number of fused-ring (bicyclic) bond motifs is 1. The van der Waals surface area contributed by atoms with Crippen LogP contribution < -0.4 is 10.1 Å². The number of β-amino-alcohol motifs (C(OH)–C–C–N with tert-alkyl or cyclic N) is 1. The smallest absolute Gasteiger partial charge is 0.322 e. The van der Waals surface area contributed by atoms with Gasteiger partial charge in [-0.1, -0.05) is 24.3 Å². The molecule has 0 aliphatic carbocycles. The molecule has 2 amide bonds. The lowest BCUT2D eigenvalue weighted by Gasteiger charge is -2.34. The van der Waals surface area contributed by atoms with E-state index in [4.69, 9.17) is 9.84 Å². The van der Waals surface area contributed by atoms with Gasteiger partial charge < -0.3 is 20.1 Å². The highest BCUT2D eigenvalue weighted by Crippen LogP contribution is 2.27. The number of aliphatic hydroxyl groups is 1. The van der Waals surface area contributed by atoms with Crippen molar-refractivity contribution >= 4 is 21.7 Å². The molecule has 38 heavy (non-hydrogen) atoms. The molecular weight excluding hydrogens is 504 g/mol. The number of sulfonamides is 1. The number of rotatable bonds is 7. The number of benzene rings is 3. The molecule has 0 saturated carbocycles. The first-order valence-electron chi connectivity index (χ1n) is 12.8. The maximum Gasteiger partial charge on any atom is 0.322 e. The molecule has 5 rings (SSSR count). The molecule has 2 aliphatic heterocycles. The summed E-state index contributed by atoms with van der Waals surface area (Å²) in [4.78, 5) is 17.0. The van der Waals surface area contributed by atoms with Crippen molar-refractivity contribution in [3.8, 4) is 11.5 Å². The minimum Gasteiger partial charge on any atom is -0.457 e. The molecule has 200 valence electrons. The Labute approximate surface area is 223 Å². The zero-order valence-electron chi connectivity index (χ0n) is 21.1. The molecule has 3 aromatic carbocycles. The fraction of sp³-hybridized carbons (Fsp3) is 0.321. The third kappa shape index (κ3) is 5.99. The molecule has 1 fully saturated rings. The number of nitrogens with zero attached hydrogens (tertiary/aromatic N) is 3. The number of para-hydroxylation sites is 1. The summed E-state index contributed by atoms with van der Waals surface area (Å²) in [5, 5.41) is 12.1. The van der Waals surface area contributed by atoms with Crippen molar-refractivity contribution in [2.24, 2.45) is 0 Å². The van der Waals surface area contributed by atoms with Gasteiger partial charge >= 0.3 is 6.03 Å². The Kier molecular flexibility index (Phi) is 7.94. The minimum absolute atomic E-state index is 0.0651. The van der Waals surface area contributed by atoms with E-state index in [0.29, 0.717) is 63.7 Å². The number of carbonyl (C=O) groups is 1. The van der Waals surface area contributed by atoms with Crippen LogP contribution in [0.2, 0.25) is 0 Å². The summed E-state index contributed by atoms with van der Waals surface area (Å²) in [5.41, 5.74) is 2.55. The number of aliphatic hydroxyl groups excluding tert-OH is 1. The fourth-order valence-electron chi connectivity index (χ4n) is 4.78. The van der Waals surface area contributed by atoms with Crippen LogP contribution in [0.25, 0.3) is 0 Å². The van der Waals surface area contributed by atoms with Crippen molar-refractivity contribution in [3.05, 3.63) is 83.9 Å². The molecule has 9 nitrogen and oxygen atoms in total. The fourth-order valence-corrected chi connectivity index (χ4v) is 6.26. The highest BCUT2D eigenvalue weighted by atomic mass is 32.2. The summed E-state index contributed by atoms with van der Waals surface area (Å²) in [7, 11) is -3.63. The van der Waals surface area contributed by atoms with Gasteiger partial charge in [-0.2, -0.15) is 4.31 Å². The Morgan fingerprint density at radius 1 is 0.868 bits per heavy atom. The van der Waals surface area contributed by atoms with Crippen LogP contribution >= 0.6 is 0 Å². The molecule has 0 aromatic heterocycles. The van der Waals surface area contributed by atoms with E-state index in [1.807, 2.05) is 36.4 Å². The predicted molar refractivity (Wildman–Crippen MR) is 145 cm³/mol. The SMILES string of the molecule is O=C(Nc1ccc(Oc2ccccc2)cc1)N1CCc2ccc(S(=O)(=O)N3CCN(CCO)CC3)cc2C1. The Morgan fingerprint density at radius 2 is 1.58 bits per heavy atom.